The van der Waals surface area contributed by atoms with E-state index in [1.54, 1.807) is 0 Å². The Morgan fingerprint density at radius 2 is 0.282 bits per heavy atom. The van der Waals surface area contributed by atoms with E-state index in [9.17, 15) is 0 Å². The van der Waals surface area contributed by atoms with Gasteiger partial charge in [-0.05, 0) is 135 Å². The fourth-order valence-corrected chi connectivity index (χ4v) is 13.3. The van der Waals surface area contributed by atoms with E-state index in [1.807, 2.05) is 218 Å². The Balaban J connectivity index is 1.24. The van der Waals surface area contributed by atoms with Gasteiger partial charge in [0.2, 0.25) is 32.6 Å². The van der Waals surface area contributed by atoms with Crippen LogP contribution in [0, 0.1) is 0 Å². The van der Waals surface area contributed by atoms with E-state index in [2.05, 4.69) is 0 Å². The fraction of sp³-hybridized carbons (Fsp3) is 0. The molecule has 360 valence electrons. The zero-order valence-corrected chi connectivity index (χ0v) is 41.2. The first-order valence-corrected chi connectivity index (χ1v) is 25.9. The second-order valence-corrected chi connectivity index (χ2v) is 20.5. The summed E-state index contributed by atoms with van der Waals surface area (Å²) < 4.78 is 0. The summed E-state index contributed by atoms with van der Waals surface area (Å²) in [5.74, 6) is 0. The highest BCUT2D eigenvalue weighted by Crippen LogP contribution is 2.53. The maximum atomic E-state index is 15.9. The van der Waals surface area contributed by atoms with Gasteiger partial charge in [-0.3, -0.25) is 28.8 Å². The van der Waals surface area contributed by atoms with Crippen LogP contribution in [-0.4, -0.2) is 0 Å². The molecule has 0 aliphatic rings. The molecule has 0 aliphatic carbocycles. The number of hydrogen-bond acceptors (Lipinski definition) is 6. The summed E-state index contributed by atoms with van der Waals surface area (Å²) in [4.78, 5) is 95.3. The van der Waals surface area contributed by atoms with Gasteiger partial charge in [0.15, 0.2) is 0 Å². The van der Waals surface area contributed by atoms with Gasteiger partial charge in [-0.15, -0.1) is 0 Å². The Morgan fingerprint density at radius 1 is 0.154 bits per heavy atom. The topological polar surface area (TPSA) is 102 Å². The lowest BCUT2D eigenvalue weighted by atomic mass is 9.76. The zero-order valence-electron chi connectivity index (χ0n) is 41.2. The molecule has 0 radical (unpaired) electrons. The van der Waals surface area contributed by atoms with Crippen LogP contribution in [0.25, 0.3) is 164 Å². The van der Waals surface area contributed by atoms with Gasteiger partial charge in [0.1, 0.15) is 0 Å². The van der Waals surface area contributed by atoms with Crippen LogP contribution in [0.3, 0.4) is 0 Å². The molecule has 0 unspecified atom stereocenters. The smallest absolute Gasteiger partial charge is 0.234 e. The van der Waals surface area contributed by atoms with Crippen LogP contribution >= 0.6 is 0 Å². The van der Waals surface area contributed by atoms with Crippen LogP contribution in [0.5, 0.6) is 0 Å². The maximum absolute atomic E-state index is 15.9. The summed E-state index contributed by atoms with van der Waals surface area (Å²) in [6.07, 6.45) is 0. The third kappa shape index (κ3) is 5.75. The standard InChI is InChI=1S/C72H36O6/c73-67-55-49-31-43(37-19-7-1-8-20-37)44(38-21-9-2-10-22-38)32-50(49)56-62-61(55)63-57(69(67)75)51-33-45(39-23-11-3-12-24-39)46(40-25-13-4-14-26-40)34-52(51)59-65(63)66-60(72(78)71(59)77)54-36-48(42-29-17-6-18-30-42)47(41-27-15-5-16-28-41)35-53(54)58(64(62)66)70(76)68(56)74/h1-36H. The summed E-state index contributed by atoms with van der Waals surface area (Å²) >= 11 is 0. The number of hydrogen-bond donors (Lipinski definition) is 0. The molecule has 0 aliphatic heterocycles. The maximum Gasteiger partial charge on any atom is 0.234 e. The van der Waals surface area contributed by atoms with Crippen LogP contribution in [0.2, 0.25) is 0 Å². The van der Waals surface area contributed by atoms with Gasteiger partial charge in [0, 0.05) is 64.6 Å². The van der Waals surface area contributed by atoms with Crippen LogP contribution < -0.4 is 32.6 Å². The van der Waals surface area contributed by atoms with Crippen LogP contribution in [0.1, 0.15) is 0 Å². The molecule has 78 heavy (non-hydrogen) atoms. The largest absolute Gasteiger partial charge is 0.285 e. The lowest BCUT2D eigenvalue weighted by Gasteiger charge is -2.24. The molecule has 16 aromatic rings. The number of benzene rings is 16. The summed E-state index contributed by atoms with van der Waals surface area (Å²) in [5, 5.41) is 4.31. The van der Waals surface area contributed by atoms with E-state index in [4.69, 9.17) is 0 Å². The van der Waals surface area contributed by atoms with Crippen LogP contribution in [0.4, 0.5) is 0 Å². The Hall–Kier alpha value is -10.6. The van der Waals surface area contributed by atoms with Gasteiger partial charge in [-0.2, -0.15) is 0 Å². The molecule has 16 aromatic carbocycles. The van der Waals surface area contributed by atoms with Crippen LogP contribution in [0.15, 0.2) is 247 Å². The predicted molar refractivity (Wildman–Crippen MR) is 321 cm³/mol. The normalized spacial score (nSPS) is 12.2. The second kappa shape index (κ2) is 16.0. The van der Waals surface area contributed by atoms with Crippen molar-refractivity contribution in [2.24, 2.45) is 0 Å². The van der Waals surface area contributed by atoms with Gasteiger partial charge in [-0.1, -0.05) is 182 Å². The van der Waals surface area contributed by atoms with Crippen molar-refractivity contribution in [3.63, 3.8) is 0 Å². The molecule has 0 spiro atoms. The van der Waals surface area contributed by atoms with Crippen molar-refractivity contribution in [3.05, 3.63) is 280 Å². The molecule has 16 rings (SSSR count). The predicted octanol–water partition coefficient (Wildman–Crippen LogP) is 14.9. The van der Waals surface area contributed by atoms with Crippen molar-refractivity contribution in [2.45, 2.75) is 0 Å². The Bertz CT molecular complexity index is 4640. The van der Waals surface area contributed by atoms with Crippen molar-refractivity contribution in [1.82, 2.24) is 0 Å². The minimum atomic E-state index is -0.779. The van der Waals surface area contributed by atoms with E-state index in [1.165, 1.54) is 0 Å². The molecule has 0 fully saturated rings. The first kappa shape index (κ1) is 43.8. The molecule has 0 saturated heterocycles. The number of fused-ring (bicyclic) bond motifs is 9. The third-order valence-electron chi connectivity index (χ3n) is 16.6. The van der Waals surface area contributed by atoms with Gasteiger partial charge < -0.3 is 0 Å². The minimum Gasteiger partial charge on any atom is -0.285 e. The Labute approximate surface area is 441 Å². The average Bonchev–Trinajstić information content (AvgIpc) is 1.50. The molecule has 0 amide bonds. The quantitative estimate of drug-likeness (QED) is 0.0934. The van der Waals surface area contributed by atoms with Crippen molar-refractivity contribution < 1.29 is 0 Å². The molecule has 0 saturated carbocycles. The highest BCUT2D eigenvalue weighted by atomic mass is 16.2. The molecule has 0 heterocycles. The molecule has 6 heteroatoms. The van der Waals surface area contributed by atoms with E-state index in [-0.39, 0.29) is 32.3 Å². The molecule has 0 atom stereocenters. The summed E-state index contributed by atoms with van der Waals surface area (Å²) in [6.45, 7) is 0. The van der Waals surface area contributed by atoms with E-state index < -0.39 is 32.6 Å². The lowest BCUT2D eigenvalue weighted by molar-refractivity contribution is 1.57. The zero-order chi connectivity index (χ0) is 52.2. The number of rotatable bonds is 6. The van der Waals surface area contributed by atoms with Crippen molar-refractivity contribution in [1.29, 1.82) is 0 Å². The Morgan fingerprint density at radius 3 is 0.410 bits per heavy atom. The average molecular weight is 997 g/mol. The highest BCUT2D eigenvalue weighted by Gasteiger charge is 2.34. The highest BCUT2D eigenvalue weighted by molar-refractivity contribution is 6.53. The van der Waals surface area contributed by atoms with Gasteiger partial charge in [0.25, 0.3) is 0 Å². The SMILES string of the molecule is O=c1c(=O)c2c3cc(-c4ccccc4)c(-c4ccccc4)cc3c3c(=O)c(=O)c4c5cc(-c6ccccc6)c(-c6ccccc6)cc5c5c(=O)c(=O)c6c7cc(-c8ccccc8)c(-c8ccccc8)cc7c1c1c2c3c4c5c61. The van der Waals surface area contributed by atoms with Gasteiger partial charge >= 0.3 is 0 Å². The second-order valence-electron chi connectivity index (χ2n) is 20.5. The summed E-state index contributed by atoms with van der Waals surface area (Å²) in [7, 11) is 0. The van der Waals surface area contributed by atoms with Gasteiger partial charge in [-0.25, -0.2) is 0 Å². The van der Waals surface area contributed by atoms with Crippen molar-refractivity contribution >= 4 is 97.0 Å². The van der Waals surface area contributed by atoms with Crippen LogP contribution in [-0.2, 0) is 0 Å². The first-order valence-electron chi connectivity index (χ1n) is 25.9. The first-order chi connectivity index (χ1) is 38.3. The summed E-state index contributed by atoms with van der Waals surface area (Å²) in [6, 6.07) is 69.6. The molecular weight excluding hydrogens is 961 g/mol. The third-order valence-corrected chi connectivity index (χ3v) is 16.6. The molecule has 0 aromatic heterocycles. The molecule has 0 bridgehead atoms. The Kier molecular flexibility index (Phi) is 8.97. The van der Waals surface area contributed by atoms with E-state index in [0.29, 0.717) is 64.6 Å². The molecular formula is C72H36O6. The summed E-state index contributed by atoms with van der Waals surface area (Å²) in [5.41, 5.74) is 4.77. The molecule has 6 nitrogen and oxygen atoms in total. The van der Waals surface area contributed by atoms with E-state index >= 15 is 28.8 Å². The van der Waals surface area contributed by atoms with Gasteiger partial charge in [0.05, 0.1) is 0 Å². The lowest BCUT2D eigenvalue weighted by Crippen LogP contribution is -2.30. The van der Waals surface area contributed by atoms with Crippen molar-refractivity contribution in [2.75, 3.05) is 0 Å². The minimum absolute atomic E-state index is 0.0814. The van der Waals surface area contributed by atoms with E-state index in [0.717, 1.165) is 66.8 Å². The molecule has 0 N–H and O–H groups in total. The van der Waals surface area contributed by atoms with Crippen molar-refractivity contribution in [3.8, 4) is 66.8 Å². The monoisotopic (exact) mass is 996 g/mol. The fourth-order valence-electron chi connectivity index (χ4n) is 13.3.